The SMILES string of the molecule is C[NH+]1C=CN(CCCc2ccccc2)C1. The smallest absolute Gasteiger partial charge is 0.156 e. The molecule has 0 saturated carbocycles. The first-order valence-corrected chi connectivity index (χ1v) is 5.63. The highest BCUT2D eigenvalue weighted by molar-refractivity contribution is 5.14. The number of hydrogen-bond donors (Lipinski definition) is 1. The molecule has 1 N–H and O–H groups in total. The molecule has 0 aliphatic carbocycles. The molecular formula is C13H19N2+. The molecule has 0 radical (unpaired) electrons. The second-order valence-corrected chi connectivity index (χ2v) is 4.22. The van der Waals surface area contributed by atoms with Crippen LogP contribution in [0.15, 0.2) is 42.7 Å². The van der Waals surface area contributed by atoms with Crippen LogP contribution in [-0.2, 0) is 6.42 Å². The average molecular weight is 203 g/mol. The maximum Gasteiger partial charge on any atom is 0.156 e. The minimum absolute atomic E-state index is 1.12. The van der Waals surface area contributed by atoms with Crippen molar-refractivity contribution < 1.29 is 4.90 Å². The molecule has 0 bridgehead atoms. The molecule has 1 aliphatic rings. The van der Waals surface area contributed by atoms with Crippen LogP contribution in [0.2, 0.25) is 0 Å². The van der Waals surface area contributed by atoms with E-state index in [2.05, 4.69) is 54.7 Å². The van der Waals surface area contributed by atoms with Crippen LogP contribution in [0.3, 0.4) is 0 Å². The highest BCUT2D eigenvalue weighted by Crippen LogP contribution is 2.03. The minimum Gasteiger partial charge on any atom is -0.326 e. The summed E-state index contributed by atoms with van der Waals surface area (Å²) in [5.74, 6) is 0. The van der Waals surface area contributed by atoms with Gasteiger partial charge in [-0.05, 0) is 18.4 Å². The molecule has 0 amide bonds. The molecule has 1 aromatic rings. The van der Waals surface area contributed by atoms with Crippen LogP contribution in [0.4, 0.5) is 0 Å². The van der Waals surface area contributed by atoms with E-state index in [0.29, 0.717) is 0 Å². The lowest BCUT2D eigenvalue weighted by atomic mass is 10.1. The Morgan fingerprint density at radius 1 is 1.27 bits per heavy atom. The van der Waals surface area contributed by atoms with Crippen molar-refractivity contribution >= 4 is 0 Å². The summed E-state index contributed by atoms with van der Waals surface area (Å²) in [6.07, 6.45) is 6.84. The molecule has 0 spiro atoms. The van der Waals surface area contributed by atoms with Crippen LogP contribution >= 0.6 is 0 Å². The van der Waals surface area contributed by atoms with Gasteiger partial charge >= 0.3 is 0 Å². The van der Waals surface area contributed by atoms with E-state index in [1.54, 1.807) is 0 Å². The van der Waals surface area contributed by atoms with E-state index in [-0.39, 0.29) is 0 Å². The first-order chi connectivity index (χ1) is 7.34. The van der Waals surface area contributed by atoms with Crippen molar-refractivity contribution in [3.8, 4) is 0 Å². The fourth-order valence-electron chi connectivity index (χ4n) is 1.94. The Labute approximate surface area is 91.8 Å². The Kier molecular flexibility index (Phi) is 3.41. The zero-order valence-electron chi connectivity index (χ0n) is 9.32. The number of aryl methyl sites for hydroxylation is 1. The van der Waals surface area contributed by atoms with Crippen molar-refractivity contribution in [1.82, 2.24) is 4.90 Å². The molecule has 2 rings (SSSR count). The lowest BCUT2D eigenvalue weighted by Gasteiger charge is -2.14. The molecule has 2 nitrogen and oxygen atoms in total. The molecule has 80 valence electrons. The van der Waals surface area contributed by atoms with Gasteiger partial charge in [0.05, 0.1) is 13.2 Å². The molecule has 0 aromatic heterocycles. The van der Waals surface area contributed by atoms with Gasteiger partial charge in [-0.25, -0.2) is 0 Å². The highest BCUT2D eigenvalue weighted by atomic mass is 15.3. The maximum absolute atomic E-state index is 2.39. The standard InChI is InChI=1S/C13H18N2/c1-14-10-11-15(12-14)9-5-8-13-6-3-2-4-7-13/h2-4,6-7,10-11H,5,8-9,12H2,1H3/p+1. The third-order valence-corrected chi connectivity index (χ3v) is 2.78. The van der Waals surface area contributed by atoms with Gasteiger partial charge in [0.2, 0.25) is 0 Å². The van der Waals surface area contributed by atoms with Crippen LogP contribution in [0.5, 0.6) is 0 Å². The fourth-order valence-corrected chi connectivity index (χ4v) is 1.94. The monoisotopic (exact) mass is 203 g/mol. The Morgan fingerprint density at radius 3 is 2.73 bits per heavy atom. The van der Waals surface area contributed by atoms with E-state index < -0.39 is 0 Å². The lowest BCUT2D eigenvalue weighted by Crippen LogP contribution is -3.03. The van der Waals surface area contributed by atoms with Gasteiger partial charge in [-0.3, -0.25) is 4.90 Å². The first-order valence-electron chi connectivity index (χ1n) is 5.63. The second kappa shape index (κ2) is 4.99. The summed E-state index contributed by atoms with van der Waals surface area (Å²) in [6, 6.07) is 10.7. The van der Waals surface area contributed by atoms with E-state index in [9.17, 15) is 0 Å². The molecule has 1 unspecified atom stereocenters. The Morgan fingerprint density at radius 2 is 2.07 bits per heavy atom. The van der Waals surface area contributed by atoms with E-state index in [1.807, 2.05) is 0 Å². The number of hydrogen-bond acceptors (Lipinski definition) is 1. The van der Waals surface area contributed by atoms with Crippen molar-refractivity contribution in [2.75, 3.05) is 20.3 Å². The van der Waals surface area contributed by atoms with E-state index in [4.69, 9.17) is 0 Å². The lowest BCUT2D eigenvalue weighted by molar-refractivity contribution is -0.826. The van der Waals surface area contributed by atoms with Gasteiger partial charge in [0.1, 0.15) is 6.20 Å². The van der Waals surface area contributed by atoms with Crippen LogP contribution in [0, 0.1) is 0 Å². The Balaban J connectivity index is 1.70. The molecule has 0 saturated heterocycles. The quantitative estimate of drug-likeness (QED) is 0.763. The number of nitrogens with zero attached hydrogens (tertiary/aromatic N) is 1. The van der Waals surface area contributed by atoms with Gasteiger partial charge in [0, 0.05) is 6.54 Å². The molecule has 1 atom stereocenters. The zero-order valence-corrected chi connectivity index (χ0v) is 9.32. The third kappa shape index (κ3) is 3.10. The first kappa shape index (κ1) is 10.2. The summed E-state index contributed by atoms with van der Waals surface area (Å²) >= 11 is 0. The van der Waals surface area contributed by atoms with Crippen LogP contribution in [0.1, 0.15) is 12.0 Å². The zero-order chi connectivity index (χ0) is 10.5. The largest absolute Gasteiger partial charge is 0.326 e. The number of quaternary nitrogens is 1. The van der Waals surface area contributed by atoms with Crippen molar-refractivity contribution in [3.63, 3.8) is 0 Å². The minimum atomic E-state index is 1.12. The predicted octanol–water partition coefficient (Wildman–Crippen LogP) is 0.878. The second-order valence-electron chi connectivity index (χ2n) is 4.22. The molecule has 1 heterocycles. The summed E-state index contributed by atoms with van der Waals surface area (Å²) in [7, 11) is 2.19. The van der Waals surface area contributed by atoms with Crippen LogP contribution in [0.25, 0.3) is 0 Å². The van der Waals surface area contributed by atoms with E-state index >= 15 is 0 Å². The molecule has 2 heteroatoms. The van der Waals surface area contributed by atoms with Crippen molar-refractivity contribution in [2.45, 2.75) is 12.8 Å². The summed E-state index contributed by atoms with van der Waals surface area (Å²) in [6.45, 7) is 2.29. The summed E-state index contributed by atoms with van der Waals surface area (Å²) in [4.78, 5) is 3.85. The van der Waals surface area contributed by atoms with Crippen molar-refractivity contribution in [1.29, 1.82) is 0 Å². The third-order valence-electron chi connectivity index (χ3n) is 2.78. The summed E-state index contributed by atoms with van der Waals surface area (Å²) in [5.41, 5.74) is 1.45. The Bertz CT molecular complexity index is 319. The number of rotatable bonds is 4. The van der Waals surface area contributed by atoms with Crippen LogP contribution < -0.4 is 4.90 Å². The molecule has 1 aromatic carbocycles. The Hall–Kier alpha value is -1.28. The van der Waals surface area contributed by atoms with E-state index in [0.717, 1.165) is 6.67 Å². The van der Waals surface area contributed by atoms with Gasteiger partial charge in [-0.15, -0.1) is 0 Å². The van der Waals surface area contributed by atoms with Gasteiger partial charge < -0.3 is 4.90 Å². The topological polar surface area (TPSA) is 7.68 Å². The molecule has 15 heavy (non-hydrogen) atoms. The van der Waals surface area contributed by atoms with Crippen molar-refractivity contribution in [2.24, 2.45) is 0 Å². The number of benzene rings is 1. The number of nitrogens with one attached hydrogen (secondary N) is 1. The van der Waals surface area contributed by atoms with Crippen molar-refractivity contribution in [3.05, 3.63) is 48.3 Å². The maximum atomic E-state index is 2.39. The molecular weight excluding hydrogens is 184 g/mol. The normalized spacial score (nSPS) is 19.8. The molecule has 0 fully saturated rings. The van der Waals surface area contributed by atoms with Gasteiger partial charge in [-0.2, -0.15) is 0 Å². The van der Waals surface area contributed by atoms with Gasteiger partial charge in [-0.1, -0.05) is 30.3 Å². The average Bonchev–Trinajstić information content (AvgIpc) is 2.66. The highest BCUT2D eigenvalue weighted by Gasteiger charge is 2.11. The fraction of sp³-hybridized carbons (Fsp3) is 0.385. The predicted molar refractivity (Wildman–Crippen MR) is 62.4 cm³/mol. The molecule has 1 aliphatic heterocycles. The summed E-state index contributed by atoms with van der Waals surface area (Å²) in [5, 5.41) is 0. The van der Waals surface area contributed by atoms with E-state index in [1.165, 1.54) is 29.8 Å². The van der Waals surface area contributed by atoms with Crippen LogP contribution in [-0.4, -0.2) is 25.2 Å². The summed E-state index contributed by atoms with van der Waals surface area (Å²) < 4.78 is 0. The van der Waals surface area contributed by atoms with Gasteiger partial charge in [0.15, 0.2) is 6.67 Å². The van der Waals surface area contributed by atoms with Gasteiger partial charge in [0.25, 0.3) is 0 Å².